The van der Waals surface area contributed by atoms with Crippen LogP contribution < -0.4 is 5.69 Å². The lowest BCUT2D eigenvalue weighted by Crippen LogP contribution is -2.22. The fourth-order valence-electron chi connectivity index (χ4n) is 1.95. The Labute approximate surface area is 91.1 Å². The van der Waals surface area contributed by atoms with E-state index in [0.717, 1.165) is 29.6 Å². The number of thioether (sulfide) groups is 1. The van der Waals surface area contributed by atoms with Crippen LogP contribution in [0.4, 0.5) is 0 Å². The van der Waals surface area contributed by atoms with E-state index in [2.05, 4.69) is 11.1 Å². The quantitative estimate of drug-likeness (QED) is 0.677. The topological polar surface area (TPSA) is 34.9 Å². The average molecular weight is 218 g/mol. The number of aromatic nitrogens is 2. The van der Waals surface area contributed by atoms with Gasteiger partial charge >= 0.3 is 5.69 Å². The number of para-hydroxylation sites is 1. The van der Waals surface area contributed by atoms with Crippen molar-refractivity contribution in [3.05, 3.63) is 34.9 Å². The average Bonchev–Trinajstić information content (AvgIpc) is 2.48. The van der Waals surface area contributed by atoms with Gasteiger partial charge in [-0.25, -0.2) is 9.78 Å². The van der Waals surface area contributed by atoms with E-state index in [0.29, 0.717) is 0 Å². The largest absolute Gasteiger partial charge is 0.348 e. The molecule has 2 aromatic rings. The van der Waals surface area contributed by atoms with Gasteiger partial charge < -0.3 is 0 Å². The molecule has 0 N–H and O–H groups in total. The summed E-state index contributed by atoms with van der Waals surface area (Å²) < 4.78 is 1.80. The van der Waals surface area contributed by atoms with Crippen LogP contribution in [0.2, 0.25) is 0 Å². The first-order chi connectivity index (χ1) is 7.36. The van der Waals surface area contributed by atoms with E-state index in [4.69, 9.17) is 0 Å². The number of hydrogen-bond acceptors (Lipinski definition) is 3. The standard InChI is InChI=1S/C11H10N2OS/c14-11-12-7-8-3-1-4-9-10(8)13(11)5-2-6-15-9/h1,3-4,7H,2,5-6H2. The second-order valence-corrected chi connectivity index (χ2v) is 4.73. The summed E-state index contributed by atoms with van der Waals surface area (Å²) in [5.74, 6) is 1.07. The number of nitrogens with zero attached hydrogens (tertiary/aromatic N) is 2. The molecule has 0 radical (unpaired) electrons. The Hall–Kier alpha value is -1.29. The molecule has 3 rings (SSSR count). The molecule has 0 amide bonds. The fraction of sp³-hybridized carbons (Fsp3) is 0.273. The molecule has 4 heteroatoms. The smallest absolute Gasteiger partial charge is 0.291 e. The van der Waals surface area contributed by atoms with Crippen molar-refractivity contribution in [2.24, 2.45) is 0 Å². The molecule has 0 saturated carbocycles. The van der Waals surface area contributed by atoms with Crippen LogP contribution in [0.1, 0.15) is 6.42 Å². The summed E-state index contributed by atoms with van der Waals surface area (Å²) in [6.45, 7) is 0.785. The molecule has 15 heavy (non-hydrogen) atoms. The Morgan fingerprint density at radius 1 is 1.40 bits per heavy atom. The fourth-order valence-corrected chi connectivity index (χ4v) is 2.98. The maximum absolute atomic E-state index is 11.6. The van der Waals surface area contributed by atoms with Gasteiger partial charge in [0.05, 0.1) is 5.52 Å². The number of aryl methyl sites for hydroxylation is 1. The van der Waals surface area contributed by atoms with Crippen LogP contribution in [-0.2, 0) is 6.54 Å². The summed E-state index contributed by atoms with van der Waals surface area (Å²) in [6, 6.07) is 6.11. The summed E-state index contributed by atoms with van der Waals surface area (Å²) in [4.78, 5) is 16.7. The third-order valence-electron chi connectivity index (χ3n) is 2.63. The van der Waals surface area contributed by atoms with Gasteiger partial charge in [0.25, 0.3) is 0 Å². The van der Waals surface area contributed by atoms with Gasteiger partial charge in [0, 0.05) is 23.0 Å². The van der Waals surface area contributed by atoms with E-state index in [1.807, 2.05) is 23.9 Å². The maximum atomic E-state index is 11.6. The van der Waals surface area contributed by atoms with E-state index in [-0.39, 0.29) is 5.69 Å². The minimum absolute atomic E-state index is 0.127. The molecule has 0 saturated heterocycles. The highest BCUT2D eigenvalue weighted by atomic mass is 32.2. The lowest BCUT2D eigenvalue weighted by atomic mass is 10.2. The lowest BCUT2D eigenvalue weighted by Gasteiger charge is -2.07. The Morgan fingerprint density at radius 3 is 3.27 bits per heavy atom. The van der Waals surface area contributed by atoms with Gasteiger partial charge in [0.2, 0.25) is 0 Å². The highest BCUT2D eigenvalue weighted by molar-refractivity contribution is 7.99. The maximum Gasteiger partial charge on any atom is 0.348 e. The zero-order chi connectivity index (χ0) is 10.3. The van der Waals surface area contributed by atoms with Gasteiger partial charge in [-0.1, -0.05) is 12.1 Å². The van der Waals surface area contributed by atoms with Gasteiger partial charge in [0.1, 0.15) is 0 Å². The molecule has 2 heterocycles. The van der Waals surface area contributed by atoms with Gasteiger partial charge in [0.15, 0.2) is 0 Å². The monoisotopic (exact) mass is 218 g/mol. The first-order valence-corrected chi connectivity index (χ1v) is 5.96. The second kappa shape index (κ2) is 3.38. The van der Waals surface area contributed by atoms with Gasteiger partial charge in [-0.05, 0) is 18.2 Å². The Morgan fingerprint density at radius 2 is 2.33 bits per heavy atom. The van der Waals surface area contributed by atoms with E-state index < -0.39 is 0 Å². The van der Waals surface area contributed by atoms with Crippen molar-refractivity contribution < 1.29 is 0 Å². The Balaban J connectivity index is 2.49. The summed E-state index contributed by atoms with van der Waals surface area (Å²) in [5, 5.41) is 1.06. The SMILES string of the molecule is O=c1ncc2cccc3c2n1CCCS3. The molecule has 0 unspecified atom stereocenters. The summed E-state index contributed by atoms with van der Waals surface area (Å²) in [7, 11) is 0. The van der Waals surface area contributed by atoms with Crippen molar-refractivity contribution in [1.82, 2.24) is 9.55 Å². The zero-order valence-corrected chi connectivity index (χ0v) is 8.96. The van der Waals surface area contributed by atoms with Crippen LogP contribution in [0.5, 0.6) is 0 Å². The molecule has 0 bridgehead atoms. The van der Waals surface area contributed by atoms with Crippen LogP contribution in [0.15, 0.2) is 34.1 Å². The first kappa shape index (κ1) is 8.97. The summed E-state index contributed by atoms with van der Waals surface area (Å²) >= 11 is 1.82. The van der Waals surface area contributed by atoms with Crippen molar-refractivity contribution >= 4 is 22.7 Å². The molecule has 1 aromatic carbocycles. The molecule has 0 aliphatic carbocycles. The van der Waals surface area contributed by atoms with Gasteiger partial charge in [-0.2, -0.15) is 0 Å². The molecular weight excluding hydrogens is 208 g/mol. The van der Waals surface area contributed by atoms with E-state index in [1.54, 1.807) is 10.8 Å². The predicted octanol–water partition coefficient (Wildman–Crippen LogP) is 1.89. The minimum atomic E-state index is -0.127. The van der Waals surface area contributed by atoms with E-state index >= 15 is 0 Å². The molecule has 3 nitrogen and oxygen atoms in total. The van der Waals surface area contributed by atoms with Crippen molar-refractivity contribution in [2.45, 2.75) is 17.9 Å². The predicted molar refractivity (Wildman–Crippen MR) is 61.3 cm³/mol. The molecule has 1 aliphatic rings. The Kier molecular flexibility index (Phi) is 2.02. The molecule has 0 atom stereocenters. The minimum Gasteiger partial charge on any atom is -0.291 e. The molecule has 1 aliphatic heterocycles. The van der Waals surface area contributed by atoms with Crippen LogP contribution in [0.25, 0.3) is 10.9 Å². The van der Waals surface area contributed by atoms with Crippen molar-refractivity contribution in [1.29, 1.82) is 0 Å². The lowest BCUT2D eigenvalue weighted by molar-refractivity contribution is 0.666. The van der Waals surface area contributed by atoms with Gasteiger partial charge in [-0.3, -0.25) is 4.57 Å². The summed E-state index contributed by atoms with van der Waals surface area (Å²) in [6.07, 6.45) is 2.70. The van der Waals surface area contributed by atoms with Crippen LogP contribution >= 0.6 is 11.8 Å². The van der Waals surface area contributed by atoms with Gasteiger partial charge in [-0.15, -0.1) is 11.8 Å². The van der Waals surface area contributed by atoms with Crippen LogP contribution in [0, 0.1) is 0 Å². The number of hydrogen-bond donors (Lipinski definition) is 0. The number of benzene rings is 1. The van der Waals surface area contributed by atoms with Crippen LogP contribution in [-0.4, -0.2) is 15.3 Å². The van der Waals surface area contributed by atoms with Crippen LogP contribution in [0.3, 0.4) is 0 Å². The van der Waals surface area contributed by atoms with E-state index in [1.165, 1.54) is 4.90 Å². The molecule has 1 aromatic heterocycles. The number of rotatable bonds is 0. The van der Waals surface area contributed by atoms with Crippen molar-refractivity contribution in [2.75, 3.05) is 5.75 Å². The second-order valence-electron chi connectivity index (χ2n) is 3.59. The zero-order valence-electron chi connectivity index (χ0n) is 8.14. The third kappa shape index (κ3) is 1.36. The summed E-state index contributed by atoms with van der Waals surface area (Å²) in [5.41, 5.74) is 0.928. The highest BCUT2D eigenvalue weighted by Crippen LogP contribution is 2.29. The van der Waals surface area contributed by atoms with Crippen molar-refractivity contribution in [3.8, 4) is 0 Å². The van der Waals surface area contributed by atoms with Crippen molar-refractivity contribution in [3.63, 3.8) is 0 Å². The highest BCUT2D eigenvalue weighted by Gasteiger charge is 2.12. The normalized spacial score (nSPS) is 15.2. The molecule has 0 fully saturated rings. The molecule has 0 spiro atoms. The Bertz CT molecular complexity index is 576. The third-order valence-corrected chi connectivity index (χ3v) is 3.76. The molecule has 76 valence electrons. The first-order valence-electron chi connectivity index (χ1n) is 4.97. The van der Waals surface area contributed by atoms with E-state index in [9.17, 15) is 4.79 Å². The molecular formula is C11H10N2OS.